The molecule has 2 fully saturated rings. The summed E-state index contributed by atoms with van der Waals surface area (Å²) < 4.78 is 56.8. The largest absolute Gasteiger partial charge is 0.361 e. The van der Waals surface area contributed by atoms with Crippen LogP contribution < -0.4 is 0 Å². The fraction of sp³-hybridized carbons (Fsp3) is 0.750. The zero-order chi connectivity index (χ0) is 14.4. The van der Waals surface area contributed by atoms with E-state index in [2.05, 4.69) is 5.16 Å². The molecule has 0 spiro atoms. The molecule has 1 saturated heterocycles. The maximum absolute atomic E-state index is 13.3. The second kappa shape index (κ2) is 4.77. The maximum atomic E-state index is 13.3. The van der Waals surface area contributed by atoms with Crippen molar-refractivity contribution in [2.75, 3.05) is 13.1 Å². The minimum atomic E-state index is -3.77. The van der Waals surface area contributed by atoms with E-state index < -0.39 is 22.5 Å². The van der Waals surface area contributed by atoms with Gasteiger partial charge in [-0.05, 0) is 19.3 Å². The molecule has 0 unspecified atom stereocenters. The van der Waals surface area contributed by atoms with E-state index in [9.17, 15) is 17.2 Å². The smallest absolute Gasteiger partial charge is 0.261 e. The van der Waals surface area contributed by atoms with Gasteiger partial charge in [0, 0.05) is 24.9 Å². The minimum absolute atomic E-state index is 0.144. The molecule has 2 aliphatic rings. The maximum Gasteiger partial charge on any atom is 0.261 e. The summed E-state index contributed by atoms with van der Waals surface area (Å²) in [4.78, 5) is 0. The van der Waals surface area contributed by atoms with Gasteiger partial charge in [0.2, 0.25) is 10.0 Å². The summed E-state index contributed by atoms with van der Waals surface area (Å²) in [6, 6.07) is 1.62. The van der Waals surface area contributed by atoms with E-state index in [4.69, 9.17) is 4.52 Å². The number of hydrogen-bond acceptors (Lipinski definition) is 4. The van der Waals surface area contributed by atoms with Crippen molar-refractivity contribution >= 4 is 10.0 Å². The van der Waals surface area contributed by atoms with Gasteiger partial charge in [-0.2, -0.15) is 4.31 Å². The molecule has 0 atom stereocenters. The summed E-state index contributed by atoms with van der Waals surface area (Å²) in [7, 11) is -3.77. The minimum Gasteiger partial charge on any atom is -0.361 e. The van der Waals surface area contributed by atoms with Gasteiger partial charge < -0.3 is 4.52 Å². The first kappa shape index (κ1) is 13.9. The van der Waals surface area contributed by atoms with Crippen LogP contribution in [0.15, 0.2) is 10.6 Å². The summed E-state index contributed by atoms with van der Waals surface area (Å²) in [6.45, 7) is -0.589. The molecule has 1 aromatic heterocycles. The Morgan fingerprint density at radius 3 is 2.85 bits per heavy atom. The predicted octanol–water partition coefficient (Wildman–Crippen LogP) is 2.11. The van der Waals surface area contributed by atoms with E-state index in [1.165, 1.54) is 0 Å². The lowest BCUT2D eigenvalue weighted by atomic mass is 10.1. The van der Waals surface area contributed by atoms with Crippen molar-refractivity contribution in [1.29, 1.82) is 0 Å². The predicted molar refractivity (Wildman–Crippen MR) is 66.9 cm³/mol. The van der Waals surface area contributed by atoms with Crippen LogP contribution >= 0.6 is 0 Å². The third-order valence-electron chi connectivity index (χ3n) is 3.64. The first-order valence-corrected chi connectivity index (χ1v) is 8.28. The average Bonchev–Trinajstić information content (AvgIpc) is 3.09. The Kier molecular flexibility index (Phi) is 3.32. The molecule has 20 heavy (non-hydrogen) atoms. The Bertz CT molecular complexity index is 596. The monoisotopic (exact) mass is 306 g/mol. The highest BCUT2D eigenvalue weighted by Gasteiger charge is 2.40. The Hall–Kier alpha value is -1.02. The summed E-state index contributed by atoms with van der Waals surface area (Å²) in [6.07, 6.45) is 1.98. The van der Waals surface area contributed by atoms with Crippen LogP contribution in [0.1, 0.15) is 43.1 Å². The molecule has 1 saturated carbocycles. The standard InChI is InChI=1S/C12H16F2N2O3S/c13-12(14)4-1-5-16(8-12)20(17,18)7-10-6-11(19-15-10)9-2-3-9/h6,9H,1-5,7-8H2. The summed E-state index contributed by atoms with van der Waals surface area (Å²) in [5.41, 5.74) is 0.292. The molecule has 5 nitrogen and oxygen atoms in total. The van der Waals surface area contributed by atoms with Gasteiger partial charge >= 0.3 is 0 Å². The number of rotatable bonds is 4. The van der Waals surface area contributed by atoms with Gasteiger partial charge in [-0.25, -0.2) is 17.2 Å². The number of halogens is 2. The first-order chi connectivity index (χ1) is 9.36. The molecule has 0 aromatic carbocycles. The van der Waals surface area contributed by atoms with Crippen LogP contribution in [0.3, 0.4) is 0 Å². The van der Waals surface area contributed by atoms with Gasteiger partial charge in [-0.1, -0.05) is 5.16 Å². The van der Waals surface area contributed by atoms with Crippen molar-refractivity contribution < 1.29 is 21.7 Å². The number of aromatic nitrogens is 1. The van der Waals surface area contributed by atoms with E-state index in [1.54, 1.807) is 6.07 Å². The van der Waals surface area contributed by atoms with Crippen LogP contribution in [-0.4, -0.2) is 36.9 Å². The van der Waals surface area contributed by atoms with Gasteiger partial charge in [0.25, 0.3) is 5.92 Å². The molecule has 0 bridgehead atoms. The molecule has 8 heteroatoms. The number of alkyl halides is 2. The molecule has 0 N–H and O–H groups in total. The van der Waals surface area contributed by atoms with Gasteiger partial charge in [0.15, 0.2) is 0 Å². The van der Waals surface area contributed by atoms with Crippen molar-refractivity contribution in [2.45, 2.75) is 43.3 Å². The van der Waals surface area contributed by atoms with E-state index in [0.29, 0.717) is 17.4 Å². The second-order valence-corrected chi connectivity index (χ2v) is 7.51. The van der Waals surface area contributed by atoms with Crippen LogP contribution in [0.25, 0.3) is 0 Å². The van der Waals surface area contributed by atoms with Crippen LogP contribution in [0.2, 0.25) is 0 Å². The molecule has 1 aliphatic heterocycles. The highest BCUT2D eigenvalue weighted by molar-refractivity contribution is 7.88. The number of piperidine rings is 1. The number of sulfonamides is 1. The summed E-state index contributed by atoms with van der Waals surface area (Å²) in [5, 5.41) is 3.73. The quantitative estimate of drug-likeness (QED) is 0.854. The van der Waals surface area contributed by atoms with Gasteiger partial charge in [0.05, 0.1) is 6.54 Å². The molecule has 1 aromatic rings. The van der Waals surface area contributed by atoms with Crippen LogP contribution in [0.5, 0.6) is 0 Å². The topological polar surface area (TPSA) is 63.4 Å². The van der Waals surface area contributed by atoms with Gasteiger partial charge in [-0.3, -0.25) is 0 Å². The zero-order valence-electron chi connectivity index (χ0n) is 10.9. The molecular formula is C12H16F2N2O3S. The normalized spacial score (nSPS) is 23.9. The van der Waals surface area contributed by atoms with Crippen molar-refractivity contribution in [1.82, 2.24) is 9.46 Å². The summed E-state index contributed by atoms with van der Waals surface area (Å²) in [5.74, 6) is -2.27. The van der Waals surface area contributed by atoms with Crippen molar-refractivity contribution in [3.63, 3.8) is 0 Å². The Balaban J connectivity index is 1.70. The third-order valence-corrected chi connectivity index (χ3v) is 5.40. The van der Waals surface area contributed by atoms with Gasteiger partial charge in [0.1, 0.15) is 17.2 Å². The molecule has 1 aliphatic carbocycles. The Morgan fingerprint density at radius 2 is 2.20 bits per heavy atom. The summed E-state index contributed by atoms with van der Waals surface area (Å²) >= 11 is 0. The van der Waals surface area contributed by atoms with E-state index >= 15 is 0 Å². The number of hydrogen-bond donors (Lipinski definition) is 0. The fourth-order valence-corrected chi connectivity index (χ4v) is 3.89. The fourth-order valence-electron chi connectivity index (χ4n) is 2.40. The Morgan fingerprint density at radius 1 is 1.45 bits per heavy atom. The highest BCUT2D eigenvalue weighted by Crippen LogP contribution is 2.40. The van der Waals surface area contributed by atoms with Crippen LogP contribution in [-0.2, 0) is 15.8 Å². The number of nitrogens with zero attached hydrogens (tertiary/aromatic N) is 2. The second-order valence-electron chi connectivity index (χ2n) is 5.54. The van der Waals surface area contributed by atoms with Gasteiger partial charge in [-0.15, -0.1) is 0 Å². The van der Waals surface area contributed by atoms with Crippen LogP contribution in [0, 0.1) is 0 Å². The van der Waals surface area contributed by atoms with Crippen molar-refractivity contribution in [2.24, 2.45) is 0 Å². The third kappa shape index (κ3) is 3.01. The zero-order valence-corrected chi connectivity index (χ0v) is 11.7. The lowest BCUT2D eigenvalue weighted by molar-refractivity contribution is -0.0434. The van der Waals surface area contributed by atoms with E-state index in [0.717, 1.165) is 17.1 Å². The lowest BCUT2D eigenvalue weighted by Gasteiger charge is -2.31. The Labute approximate surface area is 116 Å². The molecule has 0 radical (unpaired) electrons. The van der Waals surface area contributed by atoms with Crippen molar-refractivity contribution in [3.05, 3.63) is 17.5 Å². The average molecular weight is 306 g/mol. The molecule has 112 valence electrons. The first-order valence-electron chi connectivity index (χ1n) is 6.67. The van der Waals surface area contributed by atoms with E-state index in [-0.39, 0.29) is 25.1 Å². The van der Waals surface area contributed by atoms with Crippen LogP contribution in [0.4, 0.5) is 8.78 Å². The highest BCUT2D eigenvalue weighted by atomic mass is 32.2. The molecule has 3 rings (SSSR count). The van der Waals surface area contributed by atoms with Crippen molar-refractivity contribution in [3.8, 4) is 0 Å². The molecule has 0 amide bonds. The lowest BCUT2D eigenvalue weighted by Crippen LogP contribution is -2.46. The SMILES string of the molecule is O=S(=O)(Cc1cc(C2CC2)on1)N1CCCC(F)(F)C1. The van der Waals surface area contributed by atoms with E-state index in [1.807, 2.05) is 0 Å². The molecular weight excluding hydrogens is 290 g/mol. The molecule has 2 heterocycles.